The highest BCUT2D eigenvalue weighted by Crippen LogP contribution is 2.67. The maximum absolute atomic E-state index is 12.1. The highest BCUT2D eigenvalue weighted by Gasteiger charge is 2.63. The van der Waals surface area contributed by atoms with Gasteiger partial charge in [0.05, 0.1) is 12.2 Å². The lowest BCUT2D eigenvalue weighted by Crippen LogP contribution is -2.55. The molecule has 3 saturated carbocycles. The topological polar surface area (TPSA) is 57.5 Å². The van der Waals surface area contributed by atoms with E-state index in [9.17, 15) is 15.0 Å². The molecule has 6 atom stereocenters. The summed E-state index contributed by atoms with van der Waals surface area (Å²) < 4.78 is 0. The molecule has 0 amide bonds. The van der Waals surface area contributed by atoms with Crippen molar-refractivity contribution in [3.63, 3.8) is 0 Å². The Bertz CT molecular complexity index is 604. The fourth-order valence-electron chi connectivity index (χ4n) is 7.23. The molecule has 0 spiro atoms. The van der Waals surface area contributed by atoms with Crippen molar-refractivity contribution in [2.24, 2.45) is 28.6 Å². The minimum absolute atomic E-state index is 0.00703. The van der Waals surface area contributed by atoms with E-state index < -0.39 is 5.60 Å². The van der Waals surface area contributed by atoms with Crippen LogP contribution in [-0.2, 0) is 4.79 Å². The number of aliphatic hydroxyl groups excluding tert-OH is 1. The van der Waals surface area contributed by atoms with Crippen molar-refractivity contribution in [1.29, 1.82) is 0 Å². The zero-order valence-electron chi connectivity index (χ0n) is 15.4. The number of aliphatic hydroxyl groups is 2. The van der Waals surface area contributed by atoms with Crippen molar-refractivity contribution in [3.8, 4) is 0 Å². The van der Waals surface area contributed by atoms with Crippen molar-refractivity contribution in [2.75, 3.05) is 6.61 Å². The number of fused-ring (bicyclic) bond motifs is 5. The molecule has 0 aromatic rings. The Kier molecular flexibility index (Phi) is 3.61. The molecule has 0 unspecified atom stereocenters. The molecule has 3 nitrogen and oxygen atoms in total. The lowest BCUT2D eigenvalue weighted by Gasteiger charge is -2.59. The quantitative estimate of drug-likeness (QED) is 0.721. The number of allylic oxidation sites excluding steroid dienone is 1. The second kappa shape index (κ2) is 5.17. The second-order valence-corrected chi connectivity index (χ2v) is 9.64. The third-order valence-electron chi connectivity index (χ3n) is 8.87. The van der Waals surface area contributed by atoms with Crippen molar-refractivity contribution < 1.29 is 15.0 Å². The zero-order valence-corrected chi connectivity index (χ0v) is 15.4. The number of rotatable bonds is 1. The summed E-state index contributed by atoms with van der Waals surface area (Å²) in [5.41, 5.74) is 1.92. The van der Waals surface area contributed by atoms with Gasteiger partial charge in [-0.05, 0) is 75.5 Å². The molecule has 0 aromatic carbocycles. The van der Waals surface area contributed by atoms with Gasteiger partial charge in [0.25, 0.3) is 0 Å². The van der Waals surface area contributed by atoms with Crippen LogP contribution in [0.3, 0.4) is 0 Å². The molecule has 24 heavy (non-hydrogen) atoms. The van der Waals surface area contributed by atoms with Crippen LogP contribution >= 0.6 is 0 Å². The van der Waals surface area contributed by atoms with Gasteiger partial charge in [-0.1, -0.05) is 18.1 Å². The monoisotopic (exact) mass is 332 g/mol. The highest BCUT2D eigenvalue weighted by molar-refractivity contribution is 5.83. The Morgan fingerprint density at radius 1 is 1.12 bits per heavy atom. The molecule has 0 aliphatic heterocycles. The van der Waals surface area contributed by atoms with Crippen LogP contribution in [0.2, 0.25) is 0 Å². The van der Waals surface area contributed by atoms with Crippen molar-refractivity contribution in [1.82, 2.24) is 0 Å². The molecule has 0 bridgehead atoms. The smallest absolute Gasteiger partial charge is 0.136 e. The Morgan fingerprint density at radius 3 is 2.54 bits per heavy atom. The van der Waals surface area contributed by atoms with Crippen molar-refractivity contribution >= 4 is 5.78 Å². The lowest BCUT2D eigenvalue weighted by atomic mass is 9.46. The first kappa shape index (κ1) is 16.8. The van der Waals surface area contributed by atoms with E-state index in [-0.39, 0.29) is 17.4 Å². The lowest BCUT2D eigenvalue weighted by molar-refractivity contribution is -0.131. The number of hydrogen-bond acceptors (Lipinski definition) is 3. The largest absolute Gasteiger partial charge is 0.395 e. The Hall–Kier alpha value is -0.670. The van der Waals surface area contributed by atoms with Gasteiger partial charge in [-0.3, -0.25) is 4.79 Å². The molecule has 4 rings (SSSR count). The summed E-state index contributed by atoms with van der Waals surface area (Å²) in [6.45, 7) is 6.71. The normalized spacial score (nSPS) is 51.2. The van der Waals surface area contributed by atoms with Crippen LogP contribution in [0.5, 0.6) is 0 Å². The Balaban J connectivity index is 1.77. The van der Waals surface area contributed by atoms with Gasteiger partial charge in [-0.2, -0.15) is 0 Å². The maximum Gasteiger partial charge on any atom is 0.136 e. The van der Waals surface area contributed by atoms with E-state index in [0.717, 1.165) is 38.5 Å². The molecular weight excluding hydrogens is 300 g/mol. The Labute approximate surface area is 145 Å². The van der Waals surface area contributed by atoms with Gasteiger partial charge in [-0.25, -0.2) is 0 Å². The van der Waals surface area contributed by atoms with Crippen LogP contribution in [0.1, 0.15) is 72.1 Å². The fraction of sp³-hybridized carbons (Fsp3) is 0.857. The first-order valence-electron chi connectivity index (χ1n) is 9.79. The predicted molar refractivity (Wildman–Crippen MR) is 93.4 cm³/mol. The summed E-state index contributed by atoms with van der Waals surface area (Å²) in [6.07, 6.45) is 7.22. The third kappa shape index (κ3) is 1.94. The third-order valence-corrected chi connectivity index (χ3v) is 8.87. The van der Waals surface area contributed by atoms with Crippen molar-refractivity contribution in [3.05, 3.63) is 11.1 Å². The minimum Gasteiger partial charge on any atom is -0.395 e. The van der Waals surface area contributed by atoms with E-state index in [2.05, 4.69) is 13.8 Å². The Morgan fingerprint density at radius 2 is 1.83 bits per heavy atom. The van der Waals surface area contributed by atoms with Crippen LogP contribution in [0.4, 0.5) is 0 Å². The summed E-state index contributed by atoms with van der Waals surface area (Å²) >= 11 is 0. The molecule has 0 radical (unpaired) electrons. The standard InChI is InChI=1S/C21H32O3/c1-13-10-15-16-6-8-20(3,24)19(16,2)7-5-17(15)21(12-22)9-4-14(23)11-18(13)21/h15-17,22,24H,4-12H2,1-3H3/t15-,16-,17-,19-,20-,21-/m0/s1. The van der Waals surface area contributed by atoms with E-state index in [1.165, 1.54) is 11.1 Å². The second-order valence-electron chi connectivity index (χ2n) is 9.64. The summed E-state index contributed by atoms with van der Waals surface area (Å²) in [7, 11) is 0. The molecule has 0 heterocycles. The van der Waals surface area contributed by atoms with Gasteiger partial charge in [0.2, 0.25) is 0 Å². The summed E-state index contributed by atoms with van der Waals surface area (Å²) in [5, 5.41) is 21.4. The van der Waals surface area contributed by atoms with Gasteiger partial charge in [0.1, 0.15) is 5.78 Å². The molecule has 4 aliphatic carbocycles. The highest BCUT2D eigenvalue weighted by atomic mass is 16.3. The average Bonchev–Trinajstić information content (AvgIpc) is 2.78. The molecule has 134 valence electrons. The summed E-state index contributed by atoms with van der Waals surface area (Å²) in [5.74, 6) is 1.93. The van der Waals surface area contributed by atoms with E-state index in [1.807, 2.05) is 6.92 Å². The molecule has 0 saturated heterocycles. The minimum atomic E-state index is -0.560. The van der Waals surface area contributed by atoms with Gasteiger partial charge in [0, 0.05) is 18.3 Å². The van der Waals surface area contributed by atoms with Crippen molar-refractivity contribution in [2.45, 2.75) is 77.7 Å². The van der Waals surface area contributed by atoms with Gasteiger partial charge >= 0.3 is 0 Å². The van der Waals surface area contributed by atoms with Gasteiger partial charge < -0.3 is 10.2 Å². The molecule has 3 heteroatoms. The van der Waals surface area contributed by atoms with Crippen LogP contribution in [-0.4, -0.2) is 28.2 Å². The number of ketones is 1. The van der Waals surface area contributed by atoms with E-state index >= 15 is 0 Å². The first-order chi connectivity index (χ1) is 11.2. The molecule has 3 fully saturated rings. The maximum atomic E-state index is 12.1. The van der Waals surface area contributed by atoms with Crippen LogP contribution in [0.25, 0.3) is 0 Å². The van der Waals surface area contributed by atoms with E-state index in [4.69, 9.17) is 0 Å². The van der Waals surface area contributed by atoms with Gasteiger partial charge in [0.15, 0.2) is 0 Å². The molecule has 4 aliphatic rings. The zero-order chi connectivity index (χ0) is 17.3. The molecule has 0 aromatic heterocycles. The predicted octanol–water partition coefficient (Wildman–Crippen LogP) is 3.63. The molecular formula is C21H32O3. The number of hydrogen-bond donors (Lipinski definition) is 2. The van der Waals surface area contributed by atoms with Gasteiger partial charge in [-0.15, -0.1) is 0 Å². The van der Waals surface area contributed by atoms with Crippen LogP contribution in [0.15, 0.2) is 11.1 Å². The van der Waals surface area contributed by atoms with E-state index in [1.54, 1.807) is 0 Å². The average molecular weight is 332 g/mol. The first-order valence-corrected chi connectivity index (χ1v) is 9.79. The summed E-state index contributed by atoms with van der Waals surface area (Å²) in [6, 6.07) is 0. The number of carbonyl (C=O) groups excluding carboxylic acids is 1. The fourth-order valence-corrected chi connectivity index (χ4v) is 7.23. The number of carbonyl (C=O) groups is 1. The summed E-state index contributed by atoms with van der Waals surface area (Å²) in [4.78, 5) is 12.1. The van der Waals surface area contributed by atoms with Crippen LogP contribution < -0.4 is 0 Å². The number of Topliss-reactive ketones (excluding diaryl/α,β-unsaturated/α-hetero) is 1. The molecule has 2 N–H and O–H groups in total. The van der Waals surface area contributed by atoms with Crippen LogP contribution in [0, 0.1) is 28.6 Å². The SMILES string of the molecule is CC1=C2CC(=O)CC[C@]2(CO)[C@H]2CC[C@@]3(C)[C@@H](CC[C@]3(C)O)[C@@H]2C1. The van der Waals surface area contributed by atoms with E-state index in [0.29, 0.717) is 36.4 Å².